The number of pyridine rings is 1. The number of hydrogen-bond donors (Lipinski definition) is 2. The van der Waals surface area contributed by atoms with Crippen LogP contribution in [0, 0.1) is 21.4 Å². The van der Waals surface area contributed by atoms with E-state index in [0.717, 1.165) is 12.3 Å². The van der Waals surface area contributed by atoms with Crippen LogP contribution in [0.4, 0.5) is 11.5 Å². The van der Waals surface area contributed by atoms with E-state index in [1.54, 1.807) is 6.92 Å². The fourth-order valence-corrected chi connectivity index (χ4v) is 1.50. The normalized spacial score (nSPS) is 12.1. The molecule has 0 aliphatic rings. The molecule has 1 aromatic rings. The second kappa shape index (κ2) is 6.17. The molecule has 0 aromatic carbocycles. The number of carbonyl (C=O) groups excluding carboxylic acids is 1. The molecule has 1 aromatic heterocycles. The van der Waals surface area contributed by atoms with Crippen molar-refractivity contribution in [3.63, 3.8) is 0 Å². The van der Waals surface area contributed by atoms with Crippen LogP contribution in [0.1, 0.15) is 33.3 Å². The maximum atomic E-state index is 11.9. The quantitative estimate of drug-likeness (QED) is 0.641. The number of hydrogen-bond acceptors (Lipinski definition) is 6. The van der Waals surface area contributed by atoms with Crippen LogP contribution in [-0.4, -0.2) is 27.4 Å². The van der Waals surface area contributed by atoms with Crippen LogP contribution in [0.25, 0.3) is 0 Å². The van der Waals surface area contributed by atoms with Gasteiger partial charge in [0, 0.05) is 11.6 Å². The van der Waals surface area contributed by atoms with Gasteiger partial charge < -0.3 is 10.6 Å². The van der Waals surface area contributed by atoms with Crippen LogP contribution in [0.3, 0.4) is 0 Å². The number of anilines is 1. The second-order valence-electron chi connectivity index (χ2n) is 5.56. The first-order valence-electron chi connectivity index (χ1n) is 6.27. The van der Waals surface area contributed by atoms with E-state index >= 15 is 0 Å². The van der Waals surface area contributed by atoms with Crippen molar-refractivity contribution in [2.75, 3.05) is 5.32 Å². The molecule has 1 unspecified atom stereocenters. The number of aromatic nitrogens is 1. The van der Waals surface area contributed by atoms with Gasteiger partial charge in [-0.25, -0.2) is 4.98 Å². The standard InChI is InChI=1S/C13H17N5O3/c1-8(12(19)17-13(2,3)4)16-11-9(6-14)5-10(7-15-11)18(20)21/h5,7-8H,1-4H3,(H,15,16)(H,17,19). The number of carbonyl (C=O) groups is 1. The number of rotatable bonds is 4. The molecule has 1 amide bonds. The van der Waals surface area contributed by atoms with E-state index in [0.29, 0.717) is 0 Å². The van der Waals surface area contributed by atoms with Gasteiger partial charge in [0.2, 0.25) is 5.91 Å². The molecule has 0 bridgehead atoms. The van der Waals surface area contributed by atoms with Crippen molar-refractivity contribution in [1.82, 2.24) is 10.3 Å². The van der Waals surface area contributed by atoms with Crippen LogP contribution in [0.5, 0.6) is 0 Å². The first-order valence-corrected chi connectivity index (χ1v) is 6.27. The lowest BCUT2D eigenvalue weighted by Crippen LogP contribution is -2.47. The predicted molar refractivity (Wildman–Crippen MR) is 76.6 cm³/mol. The number of nitro groups is 1. The maximum absolute atomic E-state index is 11.9. The summed E-state index contributed by atoms with van der Waals surface area (Å²) in [5, 5.41) is 25.2. The van der Waals surface area contributed by atoms with Crippen molar-refractivity contribution >= 4 is 17.4 Å². The fourth-order valence-electron chi connectivity index (χ4n) is 1.50. The van der Waals surface area contributed by atoms with Gasteiger partial charge in [0.25, 0.3) is 5.69 Å². The van der Waals surface area contributed by atoms with Crippen molar-refractivity contribution in [2.45, 2.75) is 39.3 Å². The molecule has 0 aliphatic heterocycles. The lowest BCUT2D eigenvalue weighted by atomic mass is 10.1. The zero-order valence-electron chi connectivity index (χ0n) is 12.3. The third-order valence-electron chi connectivity index (χ3n) is 2.45. The van der Waals surface area contributed by atoms with Crippen molar-refractivity contribution in [2.24, 2.45) is 0 Å². The van der Waals surface area contributed by atoms with Gasteiger partial charge in [0.15, 0.2) is 0 Å². The third kappa shape index (κ3) is 4.72. The zero-order valence-corrected chi connectivity index (χ0v) is 12.3. The summed E-state index contributed by atoms with van der Waals surface area (Å²) in [5.74, 6) is -0.119. The van der Waals surface area contributed by atoms with Crippen LogP contribution in [-0.2, 0) is 4.79 Å². The van der Waals surface area contributed by atoms with Gasteiger partial charge in [-0.1, -0.05) is 0 Å². The van der Waals surface area contributed by atoms with E-state index in [1.807, 2.05) is 26.8 Å². The fraction of sp³-hybridized carbons (Fsp3) is 0.462. The highest BCUT2D eigenvalue weighted by Crippen LogP contribution is 2.18. The minimum absolute atomic E-state index is 0.0135. The summed E-state index contributed by atoms with van der Waals surface area (Å²) in [6.45, 7) is 7.17. The van der Waals surface area contributed by atoms with Crippen LogP contribution in [0.15, 0.2) is 12.3 Å². The molecule has 0 saturated heterocycles. The van der Waals surface area contributed by atoms with E-state index in [-0.39, 0.29) is 28.5 Å². The van der Waals surface area contributed by atoms with Crippen molar-refractivity contribution < 1.29 is 9.72 Å². The van der Waals surface area contributed by atoms with Crippen molar-refractivity contribution in [3.05, 3.63) is 27.9 Å². The second-order valence-corrected chi connectivity index (χ2v) is 5.56. The molecule has 1 rings (SSSR count). The van der Waals surface area contributed by atoms with E-state index in [1.165, 1.54) is 0 Å². The van der Waals surface area contributed by atoms with E-state index in [2.05, 4.69) is 15.6 Å². The highest BCUT2D eigenvalue weighted by molar-refractivity contribution is 5.84. The Morgan fingerprint density at radius 2 is 2.14 bits per heavy atom. The lowest BCUT2D eigenvalue weighted by Gasteiger charge is -2.24. The van der Waals surface area contributed by atoms with Crippen LogP contribution >= 0.6 is 0 Å². The molecule has 0 spiro atoms. The number of nitrogens with one attached hydrogen (secondary N) is 2. The van der Waals surface area contributed by atoms with Crippen LogP contribution < -0.4 is 10.6 Å². The summed E-state index contributed by atoms with van der Waals surface area (Å²) in [6, 6.07) is 2.30. The van der Waals surface area contributed by atoms with E-state index in [4.69, 9.17) is 5.26 Å². The molecule has 0 fully saturated rings. The molecule has 1 atom stereocenters. The van der Waals surface area contributed by atoms with E-state index in [9.17, 15) is 14.9 Å². The highest BCUT2D eigenvalue weighted by Gasteiger charge is 2.21. The first kappa shape index (κ1) is 16.4. The van der Waals surface area contributed by atoms with Crippen molar-refractivity contribution in [1.29, 1.82) is 5.26 Å². The van der Waals surface area contributed by atoms with E-state index < -0.39 is 11.0 Å². The summed E-state index contributed by atoms with van der Waals surface area (Å²) in [7, 11) is 0. The number of nitrogens with zero attached hydrogens (tertiary/aromatic N) is 3. The maximum Gasteiger partial charge on any atom is 0.289 e. The average molecular weight is 291 g/mol. The summed E-state index contributed by atoms with van der Waals surface area (Å²) >= 11 is 0. The monoisotopic (exact) mass is 291 g/mol. The molecule has 0 radical (unpaired) electrons. The Morgan fingerprint density at radius 3 is 2.62 bits per heavy atom. The smallest absolute Gasteiger partial charge is 0.289 e. The Balaban J connectivity index is 2.91. The molecule has 8 nitrogen and oxygen atoms in total. The van der Waals surface area contributed by atoms with Gasteiger partial charge in [-0.15, -0.1) is 0 Å². The Bertz CT molecular complexity index is 601. The molecular weight excluding hydrogens is 274 g/mol. The SMILES string of the molecule is CC(Nc1ncc([N+](=O)[O-])cc1C#N)C(=O)NC(C)(C)C. The topological polar surface area (TPSA) is 121 Å². The van der Waals surface area contributed by atoms with Crippen molar-refractivity contribution in [3.8, 4) is 6.07 Å². The Kier molecular flexibility index (Phi) is 4.81. The lowest BCUT2D eigenvalue weighted by molar-refractivity contribution is -0.385. The molecular formula is C13H17N5O3. The number of nitriles is 1. The Labute approximate surface area is 122 Å². The highest BCUT2D eigenvalue weighted by atomic mass is 16.6. The minimum atomic E-state index is -0.634. The van der Waals surface area contributed by atoms with Gasteiger partial charge in [0.05, 0.1) is 4.92 Å². The first-order chi connectivity index (χ1) is 9.64. The Morgan fingerprint density at radius 1 is 1.52 bits per heavy atom. The van der Waals surface area contributed by atoms with Crippen LogP contribution in [0.2, 0.25) is 0 Å². The largest absolute Gasteiger partial charge is 0.358 e. The summed E-state index contributed by atoms with van der Waals surface area (Å²) < 4.78 is 0. The molecule has 8 heteroatoms. The van der Waals surface area contributed by atoms with Gasteiger partial charge in [-0.05, 0) is 27.7 Å². The molecule has 21 heavy (non-hydrogen) atoms. The summed E-state index contributed by atoms with van der Waals surface area (Å²) in [6.07, 6.45) is 1.04. The summed E-state index contributed by atoms with van der Waals surface area (Å²) in [4.78, 5) is 25.8. The number of amides is 1. The average Bonchev–Trinajstić information content (AvgIpc) is 2.36. The molecule has 0 saturated carbocycles. The Hall–Kier alpha value is -2.69. The molecule has 112 valence electrons. The zero-order chi connectivity index (χ0) is 16.2. The molecule has 1 heterocycles. The van der Waals surface area contributed by atoms with Gasteiger partial charge in [-0.3, -0.25) is 14.9 Å². The van der Waals surface area contributed by atoms with Gasteiger partial charge in [0.1, 0.15) is 29.7 Å². The predicted octanol–water partition coefficient (Wildman–Crippen LogP) is 1.58. The minimum Gasteiger partial charge on any atom is -0.358 e. The molecule has 2 N–H and O–H groups in total. The third-order valence-corrected chi connectivity index (χ3v) is 2.45. The summed E-state index contributed by atoms with van der Waals surface area (Å²) in [5.41, 5.74) is -0.642. The van der Waals surface area contributed by atoms with Gasteiger partial charge >= 0.3 is 0 Å². The molecule has 0 aliphatic carbocycles. The van der Waals surface area contributed by atoms with Gasteiger partial charge in [-0.2, -0.15) is 5.26 Å².